The number of hydrogen-bond acceptors (Lipinski definition) is 5. The molecule has 2 N–H and O–H groups in total. The summed E-state index contributed by atoms with van der Waals surface area (Å²) in [6.07, 6.45) is 1.52. The van der Waals surface area contributed by atoms with E-state index in [1.807, 2.05) is 0 Å². The molecule has 2 rings (SSSR count). The smallest absolute Gasteiger partial charge is 0.321 e. The summed E-state index contributed by atoms with van der Waals surface area (Å²) in [6.45, 7) is 1.25. The second-order valence-corrected chi connectivity index (χ2v) is 5.79. The van der Waals surface area contributed by atoms with Gasteiger partial charge >= 0.3 is 6.03 Å². The van der Waals surface area contributed by atoms with E-state index >= 15 is 0 Å². The van der Waals surface area contributed by atoms with Crippen molar-refractivity contribution in [1.29, 1.82) is 0 Å². The number of carbonyl (C=O) groups excluding carboxylic acids is 2. The van der Waals surface area contributed by atoms with Crippen molar-refractivity contribution in [3.8, 4) is 5.75 Å². The molecule has 8 heteroatoms. The topological polar surface area (TPSA) is 83.8 Å². The van der Waals surface area contributed by atoms with Crippen LogP contribution in [-0.4, -0.2) is 43.6 Å². The summed E-state index contributed by atoms with van der Waals surface area (Å²) >= 11 is 5.80. The van der Waals surface area contributed by atoms with Crippen molar-refractivity contribution in [2.45, 2.75) is 6.54 Å². The minimum Gasteiger partial charge on any atom is -0.492 e. The molecule has 0 aliphatic rings. The molecule has 0 fully saturated rings. The molecule has 0 radical (unpaired) electrons. The lowest BCUT2D eigenvalue weighted by Gasteiger charge is -2.16. The molecule has 1 heterocycles. The monoisotopic (exact) mass is 365 g/mol. The molecule has 0 bridgehead atoms. The number of carbonyl (C=O) groups is 2. The van der Waals surface area contributed by atoms with Crippen LogP contribution in [0.25, 0.3) is 0 Å². The van der Waals surface area contributed by atoms with Crippen molar-refractivity contribution in [2.24, 2.45) is 0 Å². The molecule has 1 aromatic heterocycles. The van der Waals surface area contributed by atoms with Crippen LogP contribution in [0, 0.1) is 0 Å². The molecule has 7 nitrogen and oxygen atoms in total. The standard InChI is InChI=1S/C17H20ClN3O4/c1-21(8-10-25-14-6-4-13(18)5-7-14)12-16(22)20-17(23)19-11-15-3-2-9-24-15/h2-7,9H,8,10-12H2,1H3,(H2,19,20,22,23). The van der Waals surface area contributed by atoms with E-state index in [4.69, 9.17) is 20.8 Å². The van der Waals surface area contributed by atoms with Crippen LogP contribution >= 0.6 is 11.6 Å². The number of imide groups is 1. The predicted molar refractivity (Wildman–Crippen MR) is 93.5 cm³/mol. The van der Waals surface area contributed by atoms with Gasteiger partial charge in [0.2, 0.25) is 5.91 Å². The Morgan fingerprint density at radius 2 is 2.00 bits per heavy atom. The zero-order valence-electron chi connectivity index (χ0n) is 13.8. The number of likely N-dealkylation sites (N-methyl/N-ethyl adjacent to an activating group) is 1. The van der Waals surface area contributed by atoms with E-state index in [2.05, 4.69) is 10.6 Å². The first kappa shape index (κ1) is 18.8. The number of ether oxygens (including phenoxy) is 1. The second-order valence-electron chi connectivity index (χ2n) is 5.35. The molecule has 0 unspecified atom stereocenters. The van der Waals surface area contributed by atoms with Crippen molar-refractivity contribution < 1.29 is 18.7 Å². The van der Waals surface area contributed by atoms with Crippen molar-refractivity contribution >= 4 is 23.5 Å². The zero-order valence-corrected chi connectivity index (χ0v) is 14.6. The van der Waals surface area contributed by atoms with Gasteiger partial charge in [-0.3, -0.25) is 15.0 Å². The van der Waals surface area contributed by atoms with Gasteiger partial charge in [0.05, 0.1) is 19.4 Å². The highest BCUT2D eigenvalue weighted by molar-refractivity contribution is 6.30. The average Bonchev–Trinajstić information content (AvgIpc) is 3.08. The third-order valence-corrected chi connectivity index (χ3v) is 3.48. The Balaban J connectivity index is 1.60. The largest absolute Gasteiger partial charge is 0.492 e. The van der Waals surface area contributed by atoms with E-state index in [0.29, 0.717) is 29.7 Å². The van der Waals surface area contributed by atoms with Gasteiger partial charge < -0.3 is 14.5 Å². The van der Waals surface area contributed by atoms with Gasteiger partial charge in [0.25, 0.3) is 0 Å². The molecule has 0 saturated heterocycles. The highest BCUT2D eigenvalue weighted by Gasteiger charge is 2.10. The van der Waals surface area contributed by atoms with Crippen LogP contribution in [-0.2, 0) is 11.3 Å². The molecule has 3 amide bonds. The van der Waals surface area contributed by atoms with Crippen LogP contribution < -0.4 is 15.4 Å². The average molecular weight is 366 g/mol. The maximum atomic E-state index is 11.8. The fraction of sp³-hybridized carbons (Fsp3) is 0.294. The van der Waals surface area contributed by atoms with Crippen LogP contribution in [0.4, 0.5) is 4.79 Å². The summed E-state index contributed by atoms with van der Waals surface area (Å²) in [5, 5.41) is 5.44. The lowest BCUT2D eigenvalue weighted by molar-refractivity contribution is -0.120. The number of nitrogens with one attached hydrogen (secondary N) is 2. The van der Waals surface area contributed by atoms with Gasteiger partial charge in [-0.05, 0) is 43.4 Å². The summed E-state index contributed by atoms with van der Waals surface area (Å²) in [5.74, 6) is 0.921. The molecule has 1 aromatic carbocycles. The minimum atomic E-state index is -0.563. The molecule has 0 atom stereocenters. The molecule has 0 aliphatic heterocycles. The van der Waals surface area contributed by atoms with Crippen molar-refractivity contribution in [3.05, 3.63) is 53.4 Å². The van der Waals surface area contributed by atoms with E-state index in [1.165, 1.54) is 6.26 Å². The van der Waals surface area contributed by atoms with Crippen LogP contribution in [0.2, 0.25) is 5.02 Å². The Hall–Kier alpha value is -2.51. The van der Waals surface area contributed by atoms with Crippen molar-refractivity contribution in [1.82, 2.24) is 15.5 Å². The van der Waals surface area contributed by atoms with Gasteiger partial charge in [-0.25, -0.2) is 4.79 Å². The number of amides is 3. The Morgan fingerprint density at radius 1 is 1.24 bits per heavy atom. The first-order chi connectivity index (χ1) is 12.0. The van der Waals surface area contributed by atoms with E-state index in [0.717, 1.165) is 0 Å². The van der Waals surface area contributed by atoms with Gasteiger partial charge in [0.1, 0.15) is 18.1 Å². The first-order valence-electron chi connectivity index (χ1n) is 7.70. The van der Waals surface area contributed by atoms with Gasteiger partial charge in [-0.15, -0.1) is 0 Å². The fourth-order valence-electron chi connectivity index (χ4n) is 1.97. The van der Waals surface area contributed by atoms with E-state index in [9.17, 15) is 9.59 Å². The van der Waals surface area contributed by atoms with E-state index in [1.54, 1.807) is 48.3 Å². The summed E-state index contributed by atoms with van der Waals surface area (Å²) < 4.78 is 10.6. The highest BCUT2D eigenvalue weighted by atomic mass is 35.5. The first-order valence-corrected chi connectivity index (χ1v) is 8.07. The van der Waals surface area contributed by atoms with Gasteiger partial charge in [0.15, 0.2) is 0 Å². The zero-order chi connectivity index (χ0) is 18.1. The van der Waals surface area contributed by atoms with E-state index in [-0.39, 0.29) is 13.1 Å². The SMILES string of the molecule is CN(CCOc1ccc(Cl)cc1)CC(=O)NC(=O)NCc1ccco1. The number of urea groups is 1. The maximum Gasteiger partial charge on any atom is 0.321 e. The lowest BCUT2D eigenvalue weighted by Crippen LogP contribution is -2.44. The predicted octanol–water partition coefficient (Wildman–Crippen LogP) is 2.27. The number of furan rings is 1. The molecule has 2 aromatic rings. The number of halogens is 1. The van der Waals surface area contributed by atoms with Gasteiger partial charge in [-0.2, -0.15) is 0 Å². The molecule has 134 valence electrons. The molecular weight excluding hydrogens is 346 g/mol. The number of nitrogens with zero attached hydrogens (tertiary/aromatic N) is 1. The Kier molecular flexibility index (Phi) is 7.31. The van der Waals surface area contributed by atoms with Crippen LogP contribution in [0.1, 0.15) is 5.76 Å². The summed E-state index contributed by atoms with van der Waals surface area (Å²) in [4.78, 5) is 25.2. The number of benzene rings is 1. The lowest BCUT2D eigenvalue weighted by atomic mass is 10.3. The second kappa shape index (κ2) is 9.71. The molecule has 0 aliphatic carbocycles. The quantitative estimate of drug-likeness (QED) is 0.749. The normalized spacial score (nSPS) is 10.5. The minimum absolute atomic E-state index is 0.0815. The maximum absolute atomic E-state index is 11.8. The summed E-state index contributed by atoms with van der Waals surface area (Å²) in [6, 6.07) is 9.94. The van der Waals surface area contributed by atoms with Crippen LogP contribution in [0.5, 0.6) is 5.75 Å². The van der Waals surface area contributed by atoms with E-state index < -0.39 is 11.9 Å². The molecule has 25 heavy (non-hydrogen) atoms. The summed E-state index contributed by atoms with van der Waals surface area (Å²) in [7, 11) is 1.77. The van der Waals surface area contributed by atoms with Gasteiger partial charge in [-0.1, -0.05) is 11.6 Å². The molecule has 0 spiro atoms. The van der Waals surface area contributed by atoms with Crippen LogP contribution in [0.15, 0.2) is 47.1 Å². The Morgan fingerprint density at radius 3 is 2.68 bits per heavy atom. The number of hydrogen-bond donors (Lipinski definition) is 2. The third-order valence-electron chi connectivity index (χ3n) is 3.23. The summed E-state index contributed by atoms with van der Waals surface area (Å²) in [5.41, 5.74) is 0. The third kappa shape index (κ3) is 7.28. The Labute approximate surface area is 150 Å². The molecule has 0 saturated carbocycles. The molecular formula is C17H20ClN3O4. The Bertz CT molecular complexity index is 674. The van der Waals surface area contributed by atoms with Crippen molar-refractivity contribution in [3.63, 3.8) is 0 Å². The van der Waals surface area contributed by atoms with Gasteiger partial charge in [0, 0.05) is 11.6 Å². The number of rotatable bonds is 8. The van der Waals surface area contributed by atoms with Crippen LogP contribution in [0.3, 0.4) is 0 Å². The van der Waals surface area contributed by atoms with Crippen molar-refractivity contribution in [2.75, 3.05) is 26.7 Å². The fourth-order valence-corrected chi connectivity index (χ4v) is 2.09. The highest BCUT2D eigenvalue weighted by Crippen LogP contribution is 2.15.